The molecule has 2 aliphatic heterocycles. The minimum Gasteiger partial charge on any atom is -0.467 e. The summed E-state index contributed by atoms with van der Waals surface area (Å²) in [6.45, 7) is 2.80. The lowest BCUT2D eigenvalue weighted by Crippen LogP contribution is -2.43. The minimum atomic E-state index is -0.900. The van der Waals surface area contributed by atoms with Crippen LogP contribution in [-0.4, -0.2) is 41.9 Å². The van der Waals surface area contributed by atoms with Crippen molar-refractivity contribution in [3.05, 3.63) is 54.0 Å². The number of furan rings is 1. The quantitative estimate of drug-likeness (QED) is 0.726. The number of fused-ring (bicyclic) bond motifs is 1. The van der Waals surface area contributed by atoms with Crippen molar-refractivity contribution in [3.8, 4) is 0 Å². The zero-order valence-electron chi connectivity index (χ0n) is 16.4. The molecule has 29 heavy (non-hydrogen) atoms. The van der Waals surface area contributed by atoms with E-state index in [1.54, 1.807) is 35.1 Å². The lowest BCUT2D eigenvalue weighted by atomic mass is 10.0. The Balaban J connectivity index is 1.36. The van der Waals surface area contributed by atoms with Gasteiger partial charge in [-0.3, -0.25) is 14.4 Å². The summed E-state index contributed by atoms with van der Waals surface area (Å²) in [5.41, 5.74) is 2.01. The zero-order chi connectivity index (χ0) is 20.4. The van der Waals surface area contributed by atoms with Gasteiger partial charge >= 0.3 is 5.97 Å². The normalized spacial score (nSPS) is 19.8. The molecule has 2 atom stereocenters. The van der Waals surface area contributed by atoms with Gasteiger partial charge < -0.3 is 19.0 Å². The summed E-state index contributed by atoms with van der Waals surface area (Å²) in [5.74, 6) is -0.762. The van der Waals surface area contributed by atoms with E-state index in [0.717, 1.165) is 24.1 Å². The first kappa shape index (κ1) is 19.2. The number of para-hydroxylation sites is 1. The van der Waals surface area contributed by atoms with Crippen LogP contribution in [0.2, 0.25) is 0 Å². The van der Waals surface area contributed by atoms with Crippen LogP contribution in [0.25, 0.3) is 0 Å². The van der Waals surface area contributed by atoms with Crippen LogP contribution in [0.15, 0.2) is 47.1 Å². The van der Waals surface area contributed by atoms with Gasteiger partial charge in [0.2, 0.25) is 5.91 Å². The highest BCUT2D eigenvalue weighted by atomic mass is 16.5. The molecule has 7 heteroatoms. The molecule has 0 spiro atoms. The first-order valence-electron chi connectivity index (χ1n) is 9.93. The first-order chi connectivity index (χ1) is 14.0. The molecule has 2 aromatic rings. The Kier molecular flexibility index (Phi) is 5.38. The monoisotopic (exact) mass is 396 g/mol. The summed E-state index contributed by atoms with van der Waals surface area (Å²) >= 11 is 0. The number of benzene rings is 1. The topological polar surface area (TPSA) is 80.1 Å². The number of hydrogen-bond donors (Lipinski definition) is 0. The molecule has 1 fully saturated rings. The number of hydrogen-bond acceptors (Lipinski definition) is 5. The molecule has 1 aromatic heterocycles. The third-order valence-electron chi connectivity index (χ3n) is 5.49. The molecule has 7 nitrogen and oxygen atoms in total. The fraction of sp³-hybridized carbons (Fsp3) is 0.409. The van der Waals surface area contributed by atoms with Crippen molar-refractivity contribution in [3.63, 3.8) is 0 Å². The number of amides is 2. The molecule has 0 radical (unpaired) electrons. The third kappa shape index (κ3) is 4.04. The molecule has 0 aliphatic carbocycles. The molecule has 0 N–H and O–H groups in total. The van der Waals surface area contributed by atoms with Crippen LogP contribution in [0, 0.1) is 5.92 Å². The van der Waals surface area contributed by atoms with E-state index in [1.807, 2.05) is 24.3 Å². The van der Waals surface area contributed by atoms with Crippen molar-refractivity contribution >= 4 is 23.5 Å². The molecule has 3 heterocycles. The number of esters is 1. The van der Waals surface area contributed by atoms with E-state index in [0.29, 0.717) is 18.8 Å². The van der Waals surface area contributed by atoms with Gasteiger partial charge in [0.15, 0.2) is 6.10 Å². The highest BCUT2D eigenvalue weighted by Crippen LogP contribution is 2.28. The van der Waals surface area contributed by atoms with Crippen LogP contribution in [0.3, 0.4) is 0 Å². The Morgan fingerprint density at radius 3 is 2.86 bits per heavy atom. The van der Waals surface area contributed by atoms with Gasteiger partial charge in [-0.25, -0.2) is 0 Å². The van der Waals surface area contributed by atoms with Gasteiger partial charge in [-0.15, -0.1) is 0 Å². The van der Waals surface area contributed by atoms with Gasteiger partial charge in [0.1, 0.15) is 5.76 Å². The van der Waals surface area contributed by atoms with E-state index in [1.165, 1.54) is 0 Å². The number of anilines is 1. The average Bonchev–Trinajstić information content (AvgIpc) is 3.37. The molecule has 0 bridgehead atoms. The fourth-order valence-corrected chi connectivity index (χ4v) is 3.98. The summed E-state index contributed by atoms with van der Waals surface area (Å²) in [5, 5.41) is 0. The summed E-state index contributed by atoms with van der Waals surface area (Å²) < 4.78 is 10.7. The van der Waals surface area contributed by atoms with Gasteiger partial charge in [-0.05, 0) is 43.5 Å². The Bertz CT molecular complexity index is 908. The van der Waals surface area contributed by atoms with E-state index in [4.69, 9.17) is 9.15 Å². The second-order valence-corrected chi connectivity index (χ2v) is 7.56. The summed E-state index contributed by atoms with van der Waals surface area (Å²) in [7, 11) is 0. The van der Waals surface area contributed by atoms with Crippen LogP contribution in [0.4, 0.5) is 5.69 Å². The number of aryl methyl sites for hydroxylation is 1. The Morgan fingerprint density at radius 2 is 2.07 bits per heavy atom. The lowest BCUT2D eigenvalue weighted by molar-refractivity contribution is -0.157. The van der Waals surface area contributed by atoms with Gasteiger partial charge in [0, 0.05) is 25.2 Å². The summed E-state index contributed by atoms with van der Waals surface area (Å²) in [4.78, 5) is 41.0. The third-order valence-corrected chi connectivity index (χ3v) is 5.49. The molecule has 4 rings (SSSR count). The maximum atomic E-state index is 12.9. The molecule has 0 saturated carbocycles. The van der Waals surface area contributed by atoms with Crippen molar-refractivity contribution in [1.29, 1.82) is 0 Å². The van der Waals surface area contributed by atoms with Gasteiger partial charge in [0.25, 0.3) is 5.91 Å². The van der Waals surface area contributed by atoms with Crippen molar-refractivity contribution in [2.45, 2.75) is 38.8 Å². The van der Waals surface area contributed by atoms with Crippen LogP contribution >= 0.6 is 0 Å². The number of rotatable bonds is 5. The number of carbonyl (C=O) groups is 3. The molecule has 1 aromatic carbocycles. The van der Waals surface area contributed by atoms with Crippen molar-refractivity contribution in [1.82, 2.24) is 4.90 Å². The van der Waals surface area contributed by atoms with Crippen molar-refractivity contribution in [2.75, 3.05) is 18.0 Å². The first-order valence-corrected chi connectivity index (χ1v) is 9.93. The molecular formula is C22H24N2O5. The molecule has 2 aliphatic rings. The largest absolute Gasteiger partial charge is 0.467 e. The maximum Gasteiger partial charge on any atom is 0.312 e. The second-order valence-electron chi connectivity index (χ2n) is 7.56. The van der Waals surface area contributed by atoms with E-state index >= 15 is 0 Å². The van der Waals surface area contributed by atoms with Crippen molar-refractivity contribution in [2.24, 2.45) is 5.92 Å². The number of likely N-dealkylation sites (tertiary alicyclic amines) is 1. The Labute approximate surface area is 169 Å². The SMILES string of the molecule is C[C@@H](OC(=O)[C@@H]1CC(=O)N(Cc2ccco2)C1)C(=O)N1CCCc2ccccc21. The highest BCUT2D eigenvalue weighted by Gasteiger charge is 2.37. The van der Waals surface area contributed by atoms with E-state index in [-0.39, 0.29) is 24.8 Å². The second kappa shape index (κ2) is 8.11. The Hall–Kier alpha value is -3.09. The molecular weight excluding hydrogens is 372 g/mol. The molecule has 2 amide bonds. The number of carbonyl (C=O) groups excluding carboxylic acids is 3. The summed E-state index contributed by atoms with van der Waals surface area (Å²) in [6.07, 6.45) is 2.55. The van der Waals surface area contributed by atoms with Gasteiger partial charge in [0.05, 0.1) is 18.7 Å². The molecule has 152 valence electrons. The fourth-order valence-electron chi connectivity index (χ4n) is 3.98. The predicted molar refractivity (Wildman–Crippen MR) is 105 cm³/mol. The van der Waals surface area contributed by atoms with Crippen LogP contribution < -0.4 is 4.90 Å². The van der Waals surface area contributed by atoms with E-state index < -0.39 is 18.0 Å². The minimum absolute atomic E-state index is 0.0903. The highest BCUT2D eigenvalue weighted by molar-refractivity contribution is 5.98. The zero-order valence-corrected chi connectivity index (χ0v) is 16.4. The van der Waals surface area contributed by atoms with Gasteiger partial charge in [-0.1, -0.05) is 18.2 Å². The lowest BCUT2D eigenvalue weighted by Gasteiger charge is -2.31. The standard InChI is InChI=1S/C22H24N2O5/c1-15(21(26)24-10-4-7-16-6-2-3-9-19(16)24)29-22(27)17-12-20(25)23(13-17)14-18-8-5-11-28-18/h2-3,5-6,8-9,11,15,17H,4,7,10,12-14H2,1H3/t15-,17-/m1/s1. The Morgan fingerprint density at radius 1 is 1.24 bits per heavy atom. The van der Waals surface area contributed by atoms with Crippen molar-refractivity contribution < 1.29 is 23.5 Å². The molecule has 1 saturated heterocycles. The average molecular weight is 396 g/mol. The van der Waals surface area contributed by atoms with E-state index in [2.05, 4.69) is 0 Å². The molecule has 0 unspecified atom stereocenters. The maximum absolute atomic E-state index is 12.9. The number of ether oxygens (including phenoxy) is 1. The summed E-state index contributed by atoms with van der Waals surface area (Å²) in [6, 6.07) is 11.3. The smallest absolute Gasteiger partial charge is 0.312 e. The number of nitrogens with zero attached hydrogens (tertiary/aromatic N) is 2. The van der Waals surface area contributed by atoms with Crippen LogP contribution in [0.1, 0.15) is 31.1 Å². The van der Waals surface area contributed by atoms with Crippen LogP contribution in [0.5, 0.6) is 0 Å². The predicted octanol–water partition coefficient (Wildman–Crippen LogP) is 2.54. The van der Waals surface area contributed by atoms with Gasteiger partial charge in [-0.2, -0.15) is 0 Å². The van der Waals surface area contributed by atoms with Crippen LogP contribution in [-0.2, 0) is 32.1 Å². The van der Waals surface area contributed by atoms with E-state index in [9.17, 15) is 14.4 Å².